The first-order chi connectivity index (χ1) is 9.93. The molecule has 2 heterocycles. The van der Waals surface area contributed by atoms with Crippen molar-refractivity contribution < 1.29 is 17.9 Å². The topological polar surface area (TPSA) is 60.4 Å². The lowest BCUT2D eigenvalue weighted by Crippen LogP contribution is -2.36. The Labute approximate surface area is 125 Å². The molecule has 2 bridgehead atoms. The van der Waals surface area contributed by atoms with Gasteiger partial charge in [0.15, 0.2) is 15.6 Å². The Morgan fingerprint density at radius 3 is 2.38 bits per heavy atom. The number of aryl methyl sites for hydroxylation is 1. The van der Waals surface area contributed by atoms with Gasteiger partial charge in [-0.2, -0.15) is 0 Å². The average Bonchev–Trinajstić information content (AvgIpc) is 2.66. The highest BCUT2D eigenvalue weighted by Gasteiger charge is 2.48. The number of fused-ring (bicyclic) bond motifs is 2. The van der Waals surface area contributed by atoms with Gasteiger partial charge >= 0.3 is 0 Å². The summed E-state index contributed by atoms with van der Waals surface area (Å²) in [5.74, 6) is 0.412. The Hall–Kier alpha value is -1.36. The number of methoxy groups -OCH3 is 1. The molecule has 0 aliphatic carbocycles. The van der Waals surface area contributed by atoms with Crippen molar-refractivity contribution in [2.45, 2.75) is 43.1 Å². The van der Waals surface area contributed by atoms with Crippen LogP contribution in [0, 0.1) is 12.8 Å². The van der Waals surface area contributed by atoms with Crippen LogP contribution in [0.4, 0.5) is 0 Å². The summed E-state index contributed by atoms with van der Waals surface area (Å²) in [5.41, 5.74) is 1.59. The Morgan fingerprint density at radius 2 is 1.81 bits per heavy atom. The van der Waals surface area contributed by atoms with Gasteiger partial charge in [-0.3, -0.25) is 4.79 Å². The van der Waals surface area contributed by atoms with Gasteiger partial charge < -0.3 is 4.74 Å². The second-order valence-electron chi connectivity index (χ2n) is 6.15. The quantitative estimate of drug-likeness (QED) is 0.805. The van der Waals surface area contributed by atoms with E-state index in [1.165, 1.54) is 0 Å². The molecular weight excluding hydrogens is 288 g/mol. The molecule has 3 rings (SSSR count). The van der Waals surface area contributed by atoms with E-state index in [0.717, 1.165) is 5.56 Å². The van der Waals surface area contributed by atoms with E-state index in [0.29, 0.717) is 37.0 Å². The molecule has 1 aromatic carbocycles. The predicted molar refractivity (Wildman–Crippen MR) is 80.5 cm³/mol. The summed E-state index contributed by atoms with van der Waals surface area (Å²) >= 11 is 0. The number of benzene rings is 1. The normalized spacial score (nSPS) is 30.1. The Balaban J connectivity index is 1.89. The molecule has 4 nitrogen and oxygen atoms in total. The minimum absolute atomic E-state index is 0.0300. The highest BCUT2D eigenvalue weighted by atomic mass is 32.2. The van der Waals surface area contributed by atoms with E-state index >= 15 is 0 Å². The van der Waals surface area contributed by atoms with Crippen molar-refractivity contribution in [1.29, 1.82) is 0 Å². The summed E-state index contributed by atoms with van der Waals surface area (Å²) in [7, 11) is -1.43. The summed E-state index contributed by atoms with van der Waals surface area (Å²) in [6.07, 6.45) is 2.35. The van der Waals surface area contributed by atoms with Gasteiger partial charge in [0.2, 0.25) is 0 Å². The molecule has 5 heteroatoms. The number of ether oxygens (including phenoxy) is 1. The van der Waals surface area contributed by atoms with E-state index in [9.17, 15) is 13.2 Å². The molecule has 0 aromatic heterocycles. The summed E-state index contributed by atoms with van der Waals surface area (Å²) in [5, 5.41) is -0.637. The average molecular weight is 308 g/mol. The molecule has 2 aliphatic rings. The van der Waals surface area contributed by atoms with Crippen molar-refractivity contribution in [1.82, 2.24) is 0 Å². The van der Waals surface area contributed by atoms with E-state index in [2.05, 4.69) is 0 Å². The third-order valence-corrected chi connectivity index (χ3v) is 7.54. The maximum absolute atomic E-state index is 12.8. The van der Waals surface area contributed by atoms with Crippen molar-refractivity contribution >= 4 is 15.6 Å². The van der Waals surface area contributed by atoms with Crippen molar-refractivity contribution in [2.75, 3.05) is 7.11 Å². The largest absolute Gasteiger partial charge is 0.496 e. The fraction of sp³-hybridized carbons (Fsp3) is 0.562. The van der Waals surface area contributed by atoms with Crippen molar-refractivity contribution in [2.24, 2.45) is 5.92 Å². The first-order valence-electron chi connectivity index (χ1n) is 7.35. The van der Waals surface area contributed by atoms with Gasteiger partial charge in [0, 0.05) is 5.92 Å². The molecule has 2 saturated heterocycles. The second kappa shape index (κ2) is 5.13. The van der Waals surface area contributed by atoms with Gasteiger partial charge in [-0.05, 0) is 44.7 Å². The first kappa shape index (κ1) is 14.6. The number of hydrogen-bond acceptors (Lipinski definition) is 4. The highest BCUT2D eigenvalue weighted by molar-refractivity contribution is 7.93. The molecule has 0 amide bonds. The Kier molecular flexibility index (Phi) is 3.56. The van der Waals surface area contributed by atoms with E-state index in [1.807, 2.05) is 19.1 Å². The summed E-state index contributed by atoms with van der Waals surface area (Å²) < 4.78 is 29.5. The van der Waals surface area contributed by atoms with Gasteiger partial charge in [0.25, 0.3) is 0 Å². The second-order valence-corrected chi connectivity index (χ2v) is 8.66. The number of sulfone groups is 1. The number of rotatable bonds is 3. The maximum atomic E-state index is 12.8. The van der Waals surface area contributed by atoms with Crippen LogP contribution in [0.2, 0.25) is 0 Å². The van der Waals surface area contributed by atoms with Crippen LogP contribution in [0.1, 0.15) is 41.6 Å². The lowest BCUT2D eigenvalue weighted by molar-refractivity contribution is 0.0902. The first-order valence-corrected chi connectivity index (χ1v) is 8.96. The summed E-state index contributed by atoms with van der Waals surface area (Å²) in [6, 6.07) is 5.55. The van der Waals surface area contributed by atoms with Crippen LogP contribution in [0.5, 0.6) is 5.75 Å². The van der Waals surface area contributed by atoms with Crippen molar-refractivity contribution in [3.63, 3.8) is 0 Å². The SMILES string of the molecule is COc1ccc(C)cc1C(=O)C1CC2CCC(C1)S2(=O)=O. The van der Waals surface area contributed by atoms with E-state index in [1.54, 1.807) is 13.2 Å². The number of hydrogen-bond donors (Lipinski definition) is 0. The molecule has 21 heavy (non-hydrogen) atoms. The van der Waals surface area contributed by atoms with Crippen LogP contribution in [-0.2, 0) is 9.84 Å². The van der Waals surface area contributed by atoms with Gasteiger partial charge in [0.05, 0.1) is 23.2 Å². The number of carbonyl (C=O) groups is 1. The smallest absolute Gasteiger partial charge is 0.169 e. The zero-order chi connectivity index (χ0) is 15.2. The third-order valence-electron chi connectivity index (χ3n) is 4.83. The van der Waals surface area contributed by atoms with E-state index in [-0.39, 0.29) is 22.2 Å². The molecule has 0 radical (unpaired) electrons. The van der Waals surface area contributed by atoms with Crippen LogP contribution in [0.15, 0.2) is 18.2 Å². The number of Topliss-reactive ketones (excluding diaryl/α,β-unsaturated/α-hetero) is 1. The van der Waals surface area contributed by atoms with Crippen LogP contribution < -0.4 is 4.74 Å². The van der Waals surface area contributed by atoms with E-state index < -0.39 is 9.84 Å². The standard InChI is InChI=1S/C16H20O4S/c1-10-3-6-15(20-2)14(7-10)16(17)11-8-12-4-5-13(9-11)21(12,18)19/h3,6-7,11-13H,4-5,8-9H2,1-2H3. The van der Waals surface area contributed by atoms with Crippen molar-refractivity contribution in [3.8, 4) is 5.75 Å². The molecule has 2 fully saturated rings. The van der Waals surface area contributed by atoms with Gasteiger partial charge in [-0.15, -0.1) is 0 Å². The molecule has 0 saturated carbocycles. The third kappa shape index (κ3) is 2.37. The molecule has 0 N–H and O–H groups in total. The highest BCUT2D eigenvalue weighted by Crippen LogP contribution is 2.42. The van der Waals surface area contributed by atoms with Gasteiger partial charge in [-0.25, -0.2) is 8.42 Å². The fourth-order valence-corrected chi connectivity index (χ4v) is 6.13. The summed E-state index contributed by atoms with van der Waals surface area (Å²) in [4.78, 5) is 12.8. The molecule has 114 valence electrons. The molecule has 2 unspecified atom stereocenters. The lowest BCUT2D eigenvalue weighted by atomic mass is 9.89. The minimum Gasteiger partial charge on any atom is -0.496 e. The molecule has 1 aromatic rings. The predicted octanol–water partition coefficient (Wildman–Crippen LogP) is 2.54. The maximum Gasteiger partial charge on any atom is 0.169 e. The number of carbonyl (C=O) groups excluding carboxylic acids is 1. The van der Waals surface area contributed by atoms with Gasteiger partial charge in [0.1, 0.15) is 5.75 Å². The van der Waals surface area contributed by atoms with Crippen LogP contribution in [0.3, 0.4) is 0 Å². The Morgan fingerprint density at radius 1 is 1.19 bits per heavy atom. The van der Waals surface area contributed by atoms with Crippen LogP contribution in [0.25, 0.3) is 0 Å². The zero-order valence-corrected chi connectivity index (χ0v) is 13.2. The monoisotopic (exact) mass is 308 g/mol. The van der Waals surface area contributed by atoms with Crippen molar-refractivity contribution in [3.05, 3.63) is 29.3 Å². The minimum atomic E-state index is -2.98. The van der Waals surface area contributed by atoms with Crippen LogP contribution in [-0.4, -0.2) is 31.8 Å². The molecule has 0 spiro atoms. The summed E-state index contributed by atoms with van der Waals surface area (Å²) in [6.45, 7) is 1.94. The molecular formula is C16H20O4S. The lowest BCUT2D eigenvalue weighted by Gasteiger charge is -2.27. The molecule has 2 atom stereocenters. The van der Waals surface area contributed by atoms with E-state index in [4.69, 9.17) is 4.74 Å². The number of ketones is 1. The van der Waals surface area contributed by atoms with Gasteiger partial charge in [-0.1, -0.05) is 11.6 Å². The molecule has 2 aliphatic heterocycles. The fourth-order valence-electron chi connectivity index (χ4n) is 3.66. The zero-order valence-electron chi connectivity index (χ0n) is 12.3. The van der Waals surface area contributed by atoms with Crippen LogP contribution >= 0.6 is 0 Å². The Bertz CT molecular complexity index is 658.